The summed E-state index contributed by atoms with van der Waals surface area (Å²) in [6.07, 6.45) is -28.3. The van der Waals surface area contributed by atoms with Crippen LogP contribution in [0.25, 0.3) is 0 Å². The number of carbonyl (C=O) groups is 2. The van der Waals surface area contributed by atoms with E-state index in [0.717, 1.165) is 5.57 Å². The minimum absolute atomic E-state index is 0.00721. The Morgan fingerprint density at radius 2 is 1.31 bits per heavy atom. The Balaban J connectivity index is 0.900. The third kappa shape index (κ3) is 9.07. The Labute approximate surface area is 435 Å². The molecule has 4 aliphatic carbocycles. The minimum atomic E-state index is -1.92. The second-order valence-corrected chi connectivity index (χ2v) is 24.0. The zero-order valence-corrected chi connectivity index (χ0v) is 43.8. The topological polar surface area (TPSA) is 360 Å². The molecule has 0 amide bonds. The Hall–Kier alpha value is -1.76. The SMILES string of the molecule is CCC(=O)C1CC(C)C2(CC(=O)C3(C)C4=C(CCC32C)C2(C)CCC(OC3OC(COC5OCC(O)C(O)C5OC5OC(CO)C(O)C(O)C5OC5OC(C)C(O)C(O)C5O)C(O)C(O)C3O)C(C)(CO)C2CC4)O1. The van der Waals surface area contributed by atoms with E-state index in [1.54, 1.807) is 0 Å². The third-order valence-electron chi connectivity index (χ3n) is 20.3. The van der Waals surface area contributed by atoms with Gasteiger partial charge in [0.25, 0.3) is 0 Å². The quantitative estimate of drug-likeness (QED) is 0.0866. The number of hydrogen-bond acceptors (Lipinski definition) is 23. The molecule has 12 N–H and O–H groups in total. The second kappa shape index (κ2) is 21.3. The van der Waals surface area contributed by atoms with E-state index >= 15 is 0 Å². The largest absolute Gasteiger partial charge is 0.396 e. The highest BCUT2D eigenvalue weighted by molar-refractivity contribution is 5.94. The molecule has 2 saturated carbocycles. The lowest BCUT2D eigenvalue weighted by molar-refractivity contribution is -0.390. The molecule has 9 aliphatic rings. The van der Waals surface area contributed by atoms with Crippen molar-refractivity contribution in [3.8, 4) is 0 Å². The van der Waals surface area contributed by atoms with Gasteiger partial charge >= 0.3 is 0 Å². The van der Waals surface area contributed by atoms with Crippen LogP contribution in [0.5, 0.6) is 0 Å². The number of Topliss-reactive ketones (excluding diaryl/α,β-unsaturated/α-hetero) is 2. The molecule has 75 heavy (non-hydrogen) atoms. The van der Waals surface area contributed by atoms with Crippen molar-refractivity contribution in [3.05, 3.63) is 11.1 Å². The van der Waals surface area contributed by atoms with E-state index in [4.69, 9.17) is 42.6 Å². The maximum Gasteiger partial charge on any atom is 0.187 e. The van der Waals surface area contributed by atoms with Crippen LogP contribution in [0.15, 0.2) is 11.1 Å². The van der Waals surface area contributed by atoms with Gasteiger partial charge in [-0.15, -0.1) is 0 Å². The van der Waals surface area contributed by atoms with Crippen LogP contribution in [0.2, 0.25) is 0 Å². The molecule has 23 heteroatoms. The molecule has 0 aromatic carbocycles. The number of aliphatic hydroxyl groups excluding tert-OH is 12. The van der Waals surface area contributed by atoms with Crippen LogP contribution in [0, 0.1) is 33.5 Å². The van der Waals surface area contributed by atoms with Crippen LogP contribution < -0.4 is 0 Å². The van der Waals surface area contributed by atoms with E-state index in [9.17, 15) is 70.9 Å². The summed E-state index contributed by atoms with van der Waals surface area (Å²) in [5.74, 6) is 0.0358. The molecule has 0 radical (unpaired) electrons. The van der Waals surface area contributed by atoms with Crippen molar-refractivity contribution >= 4 is 11.6 Å². The van der Waals surface area contributed by atoms with Crippen molar-refractivity contribution in [2.24, 2.45) is 33.5 Å². The smallest absolute Gasteiger partial charge is 0.187 e. The summed E-state index contributed by atoms with van der Waals surface area (Å²) in [4.78, 5) is 27.6. The molecule has 0 aromatic rings. The van der Waals surface area contributed by atoms with Crippen LogP contribution in [0.3, 0.4) is 0 Å². The highest BCUT2D eigenvalue weighted by Gasteiger charge is 2.75. The third-order valence-corrected chi connectivity index (χ3v) is 20.3. The van der Waals surface area contributed by atoms with Gasteiger partial charge in [-0.05, 0) is 76.0 Å². The number of aliphatic hydroxyl groups is 12. The van der Waals surface area contributed by atoms with Gasteiger partial charge in [0.2, 0.25) is 0 Å². The van der Waals surface area contributed by atoms with Gasteiger partial charge in [-0.25, -0.2) is 0 Å². The Morgan fingerprint density at radius 1 is 0.680 bits per heavy atom. The molecule has 23 nitrogen and oxygen atoms in total. The predicted molar refractivity (Wildman–Crippen MR) is 253 cm³/mol. The lowest BCUT2D eigenvalue weighted by Crippen LogP contribution is -2.66. The average Bonchev–Trinajstić information content (AvgIpc) is 3.97. The van der Waals surface area contributed by atoms with E-state index < -0.39 is 176 Å². The number of allylic oxidation sites excluding steroid dienone is 2. The Kier molecular flexibility index (Phi) is 16.4. The number of carbonyl (C=O) groups excluding carboxylic acids is 2. The lowest BCUT2D eigenvalue weighted by Gasteiger charge is -2.63. The first-order chi connectivity index (χ1) is 35.3. The summed E-state index contributed by atoms with van der Waals surface area (Å²) < 4.78 is 54.4. The number of hydrogen-bond donors (Lipinski definition) is 12. The fourth-order valence-corrected chi connectivity index (χ4v) is 15.3. The molecule has 7 fully saturated rings. The van der Waals surface area contributed by atoms with Crippen LogP contribution >= 0.6 is 0 Å². The van der Waals surface area contributed by atoms with Crippen molar-refractivity contribution in [1.29, 1.82) is 0 Å². The van der Waals surface area contributed by atoms with Gasteiger partial charge in [-0.1, -0.05) is 45.8 Å². The molecule has 5 heterocycles. The van der Waals surface area contributed by atoms with Gasteiger partial charge in [-0.3, -0.25) is 9.59 Å². The van der Waals surface area contributed by atoms with E-state index in [0.29, 0.717) is 51.4 Å². The predicted octanol–water partition coefficient (Wildman–Crippen LogP) is -2.26. The molecule has 0 bridgehead atoms. The van der Waals surface area contributed by atoms with Crippen LogP contribution in [-0.4, -0.2) is 234 Å². The molecule has 428 valence electrons. The van der Waals surface area contributed by atoms with Crippen molar-refractivity contribution < 1.29 is 113 Å². The van der Waals surface area contributed by atoms with Gasteiger partial charge in [0.05, 0.1) is 49.7 Å². The Bertz CT molecular complexity index is 2120. The average molecular weight is 1080 g/mol. The van der Waals surface area contributed by atoms with E-state index in [2.05, 4.69) is 27.7 Å². The maximum atomic E-state index is 14.6. The van der Waals surface area contributed by atoms with Gasteiger partial charge in [-0.2, -0.15) is 0 Å². The first kappa shape index (κ1) is 57.9. The van der Waals surface area contributed by atoms with Crippen molar-refractivity contribution in [2.75, 3.05) is 26.4 Å². The maximum absolute atomic E-state index is 14.6. The summed E-state index contributed by atoms with van der Waals surface area (Å²) in [7, 11) is 0. The van der Waals surface area contributed by atoms with Gasteiger partial charge in [0.15, 0.2) is 30.9 Å². The molecular formula is C52H82O23. The minimum Gasteiger partial charge on any atom is -0.396 e. The first-order valence-electron chi connectivity index (χ1n) is 26.9. The van der Waals surface area contributed by atoms with Gasteiger partial charge < -0.3 is 104 Å². The van der Waals surface area contributed by atoms with Crippen LogP contribution in [-0.2, 0) is 52.2 Å². The highest BCUT2D eigenvalue weighted by atomic mass is 16.8. The van der Waals surface area contributed by atoms with E-state index in [1.807, 2.05) is 13.8 Å². The van der Waals surface area contributed by atoms with Crippen molar-refractivity contribution in [2.45, 2.75) is 241 Å². The normalized spacial score (nSPS) is 54.2. The molecular weight excluding hydrogens is 993 g/mol. The van der Waals surface area contributed by atoms with E-state index in [-0.39, 0.29) is 36.4 Å². The number of rotatable bonds is 13. The first-order valence-corrected chi connectivity index (χ1v) is 26.9. The number of fused-ring (bicyclic) bond motifs is 5. The summed E-state index contributed by atoms with van der Waals surface area (Å²) in [5.41, 5.74) is -1.17. The molecule has 5 aliphatic heterocycles. The zero-order chi connectivity index (χ0) is 54.6. The van der Waals surface area contributed by atoms with Crippen LogP contribution in [0.1, 0.15) is 106 Å². The summed E-state index contributed by atoms with van der Waals surface area (Å²) in [5, 5.41) is 131. The summed E-state index contributed by atoms with van der Waals surface area (Å²) in [6.45, 7) is 11.5. The standard InChI is InChI=1S/C52H82O23/c1-8-25(55)27-15-21(2)52(75-27)16-31(57)51(7)24-9-10-30-48(4,23(24)11-14-50(51,52)6)13-12-32(49(30,5)20-54)72-45-41(66)38(63)36(61)29(71-45)19-68-46-42(34(59)26(56)18-67-46)74-47-43(39(64)35(60)28(17-53)70-47)73-44-40(65)37(62)33(58)22(3)69-44/h21-22,26-30,32-47,53-54,56,58-66H,8-20H2,1-7H3. The second-order valence-electron chi connectivity index (χ2n) is 24.0. The molecule has 9 rings (SSSR count). The van der Waals surface area contributed by atoms with Crippen molar-refractivity contribution in [3.63, 3.8) is 0 Å². The zero-order valence-electron chi connectivity index (χ0n) is 43.8. The monoisotopic (exact) mass is 1070 g/mol. The molecule has 0 aromatic heterocycles. The fraction of sp³-hybridized carbons (Fsp3) is 0.923. The summed E-state index contributed by atoms with van der Waals surface area (Å²) in [6, 6.07) is 0. The lowest BCUT2D eigenvalue weighted by atomic mass is 9.42. The number of ether oxygens (including phenoxy) is 9. The fourth-order valence-electron chi connectivity index (χ4n) is 15.3. The van der Waals surface area contributed by atoms with Crippen molar-refractivity contribution in [1.82, 2.24) is 0 Å². The van der Waals surface area contributed by atoms with Gasteiger partial charge in [0, 0.05) is 23.7 Å². The van der Waals surface area contributed by atoms with Crippen LogP contribution in [0.4, 0.5) is 0 Å². The highest BCUT2D eigenvalue weighted by Crippen LogP contribution is 2.74. The molecule has 1 spiro atoms. The molecule has 5 saturated heterocycles. The molecule has 28 unspecified atom stereocenters. The Morgan fingerprint density at radius 3 is 1.97 bits per heavy atom. The van der Waals surface area contributed by atoms with E-state index in [1.165, 1.54) is 12.5 Å². The molecule has 28 atom stereocenters. The van der Waals surface area contributed by atoms with Gasteiger partial charge in [0.1, 0.15) is 97.3 Å². The number of ketones is 2. The summed E-state index contributed by atoms with van der Waals surface area (Å²) >= 11 is 0.